The Balaban J connectivity index is 2.13. The summed E-state index contributed by atoms with van der Waals surface area (Å²) in [6.07, 6.45) is 6.12. The number of benzene rings is 2. The summed E-state index contributed by atoms with van der Waals surface area (Å²) in [5.41, 5.74) is 1.88. The molecule has 0 aliphatic heterocycles. The van der Waals surface area contributed by atoms with Gasteiger partial charge in [-0.2, -0.15) is 0 Å². The van der Waals surface area contributed by atoms with E-state index in [0.29, 0.717) is 19.3 Å². The van der Waals surface area contributed by atoms with Gasteiger partial charge >= 0.3 is 5.97 Å². The lowest BCUT2D eigenvalue weighted by Gasteiger charge is -2.20. The first-order chi connectivity index (χ1) is 14.3. The fraction of sp³-hybridized carbons (Fsp3) is 0.435. The molecule has 30 heavy (non-hydrogen) atoms. The van der Waals surface area contributed by atoms with Crippen LogP contribution in [0.25, 0.3) is 0 Å². The molecule has 0 amide bonds. The Morgan fingerprint density at radius 2 is 1.67 bits per heavy atom. The van der Waals surface area contributed by atoms with Gasteiger partial charge in [-0.3, -0.25) is 4.79 Å². The van der Waals surface area contributed by atoms with Crippen molar-refractivity contribution < 1.29 is 22.7 Å². The predicted octanol–water partition coefficient (Wildman–Crippen LogP) is 5.22. The largest absolute Gasteiger partial charge is 0.481 e. The molecular formula is C23H30FNO4S. The van der Waals surface area contributed by atoms with E-state index < -0.39 is 21.8 Å². The second-order valence-electron chi connectivity index (χ2n) is 7.47. The van der Waals surface area contributed by atoms with E-state index >= 15 is 0 Å². The maximum Gasteiger partial charge on any atom is 0.303 e. The van der Waals surface area contributed by atoms with E-state index in [0.717, 1.165) is 48.9 Å². The molecule has 5 nitrogen and oxygen atoms in total. The number of hydrogen-bond donors (Lipinski definition) is 2. The zero-order chi connectivity index (χ0) is 22.0. The number of unbranched alkanes of at least 4 members (excludes halogenated alkanes) is 3. The van der Waals surface area contributed by atoms with Crippen LogP contribution in [-0.4, -0.2) is 19.5 Å². The van der Waals surface area contributed by atoms with Gasteiger partial charge in [-0.1, -0.05) is 56.9 Å². The minimum atomic E-state index is -3.78. The van der Waals surface area contributed by atoms with Gasteiger partial charge in [-0.05, 0) is 54.7 Å². The first-order valence-electron chi connectivity index (χ1n) is 10.4. The molecule has 0 saturated heterocycles. The van der Waals surface area contributed by atoms with Gasteiger partial charge in [0.15, 0.2) is 0 Å². The average molecular weight is 436 g/mol. The number of aliphatic carboxylic acids is 1. The van der Waals surface area contributed by atoms with Crippen molar-refractivity contribution >= 4 is 16.0 Å². The molecule has 0 aliphatic rings. The Morgan fingerprint density at radius 3 is 2.27 bits per heavy atom. The molecule has 1 unspecified atom stereocenters. The van der Waals surface area contributed by atoms with E-state index in [1.54, 1.807) is 0 Å². The molecule has 0 saturated carbocycles. The molecular weight excluding hydrogens is 405 g/mol. The Labute approximate surface area is 178 Å². The Kier molecular flexibility index (Phi) is 9.46. The average Bonchev–Trinajstić information content (AvgIpc) is 2.71. The summed E-state index contributed by atoms with van der Waals surface area (Å²) in [5, 5.41) is 8.76. The van der Waals surface area contributed by atoms with Crippen LogP contribution in [0.4, 0.5) is 4.39 Å². The van der Waals surface area contributed by atoms with E-state index in [1.165, 1.54) is 12.1 Å². The summed E-state index contributed by atoms with van der Waals surface area (Å²) < 4.78 is 41.5. The number of rotatable bonds is 13. The van der Waals surface area contributed by atoms with Gasteiger partial charge in [0, 0.05) is 12.5 Å². The highest BCUT2D eigenvalue weighted by molar-refractivity contribution is 7.89. The Morgan fingerprint density at radius 1 is 1.00 bits per heavy atom. The van der Waals surface area contributed by atoms with Crippen LogP contribution in [0.15, 0.2) is 53.4 Å². The fourth-order valence-electron chi connectivity index (χ4n) is 3.30. The van der Waals surface area contributed by atoms with Crippen LogP contribution in [-0.2, 0) is 21.2 Å². The lowest BCUT2D eigenvalue weighted by Crippen LogP contribution is -2.28. The summed E-state index contributed by atoms with van der Waals surface area (Å²) in [6, 6.07) is 12.0. The smallest absolute Gasteiger partial charge is 0.303 e. The molecule has 0 heterocycles. The highest BCUT2D eigenvalue weighted by atomic mass is 32.2. The van der Waals surface area contributed by atoms with Gasteiger partial charge in [0.05, 0.1) is 4.90 Å². The zero-order valence-corrected chi connectivity index (χ0v) is 18.1. The van der Waals surface area contributed by atoms with Crippen LogP contribution in [0.3, 0.4) is 0 Å². The topological polar surface area (TPSA) is 83.5 Å². The van der Waals surface area contributed by atoms with Gasteiger partial charge in [0.25, 0.3) is 0 Å². The number of sulfonamides is 1. The van der Waals surface area contributed by atoms with Crippen LogP contribution in [0.1, 0.15) is 69.0 Å². The van der Waals surface area contributed by atoms with Crippen LogP contribution in [0.5, 0.6) is 0 Å². The highest BCUT2D eigenvalue weighted by Gasteiger charge is 2.21. The molecule has 164 valence electrons. The molecule has 2 aromatic rings. The highest BCUT2D eigenvalue weighted by Crippen LogP contribution is 2.24. The number of carboxylic acids is 1. The monoisotopic (exact) mass is 435 g/mol. The number of carboxylic acid groups (broad SMARTS) is 1. The number of carbonyl (C=O) groups is 1. The summed E-state index contributed by atoms with van der Waals surface area (Å²) in [4.78, 5) is 10.7. The minimum absolute atomic E-state index is 0.0350. The first kappa shape index (κ1) is 24.0. The third kappa shape index (κ3) is 7.88. The first-order valence-corrected chi connectivity index (χ1v) is 11.9. The zero-order valence-electron chi connectivity index (χ0n) is 17.3. The summed E-state index contributed by atoms with van der Waals surface area (Å²) >= 11 is 0. The number of halogens is 1. The van der Waals surface area contributed by atoms with Gasteiger partial charge < -0.3 is 5.11 Å². The van der Waals surface area contributed by atoms with E-state index in [4.69, 9.17) is 5.11 Å². The van der Waals surface area contributed by atoms with Crippen LogP contribution in [0.2, 0.25) is 0 Å². The van der Waals surface area contributed by atoms with E-state index in [2.05, 4.69) is 11.6 Å². The number of hydrogen-bond acceptors (Lipinski definition) is 3. The minimum Gasteiger partial charge on any atom is -0.481 e. The third-order valence-electron chi connectivity index (χ3n) is 5.01. The SMILES string of the molecule is CCCCCCC(NS(=O)(=O)c1ccc(F)cc1)c1ccc(CCCC(=O)O)cc1. The van der Waals surface area contributed by atoms with Crippen molar-refractivity contribution in [2.75, 3.05) is 0 Å². The summed E-state index contributed by atoms with van der Waals surface area (Å²) in [7, 11) is -3.78. The summed E-state index contributed by atoms with van der Waals surface area (Å²) in [5.74, 6) is -1.29. The van der Waals surface area contributed by atoms with Crippen molar-refractivity contribution in [3.8, 4) is 0 Å². The van der Waals surface area contributed by atoms with Gasteiger partial charge in [0.1, 0.15) is 5.82 Å². The fourth-order valence-corrected chi connectivity index (χ4v) is 4.56. The molecule has 0 aromatic heterocycles. The second kappa shape index (κ2) is 11.8. The quantitative estimate of drug-likeness (QED) is 0.422. The molecule has 1 atom stereocenters. The normalized spacial score (nSPS) is 12.6. The molecule has 0 radical (unpaired) electrons. The lowest BCUT2D eigenvalue weighted by molar-refractivity contribution is -0.137. The van der Waals surface area contributed by atoms with Crippen LogP contribution < -0.4 is 4.72 Å². The predicted molar refractivity (Wildman–Crippen MR) is 115 cm³/mol. The van der Waals surface area contributed by atoms with Gasteiger partial charge in [0.2, 0.25) is 10.0 Å². The Bertz CT molecular complexity index is 896. The molecule has 0 spiro atoms. The Hall–Kier alpha value is -2.25. The molecule has 2 rings (SSSR count). The standard InChI is InChI=1S/C23H30FNO4S/c1-2-3-4-5-8-22(25-30(28,29)21-16-14-20(24)15-17-21)19-12-10-18(11-13-19)7-6-9-23(26)27/h10-17,22,25H,2-9H2,1H3,(H,26,27). The summed E-state index contributed by atoms with van der Waals surface area (Å²) in [6.45, 7) is 2.12. The molecule has 0 bridgehead atoms. The lowest BCUT2D eigenvalue weighted by atomic mass is 9.98. The van der Waals surface area contributed by atoms with Crippen LogP contribution >= 0.6 is 0 Å². The van der Waals surface area contributed by atoms with E-state index in [-0.39, 0.29) is 17.4 Å². The van der Waals surface area contributed by atoms with Crippen molar-refractivity contribution in [1.82, 2.24) is 4.72 Å². The second-order valence-corrected chi connectivity index (χ2v) is 9.18. The maximum atomic E-state index is 13.2. The molecule has 0 aliphatic carbocycles. The van der Waals surface area contributed by atoms with Crippen LogP contribution in [0, 0.1) is 5.82 Å². The van der Waals surface area contributed by atoms with Crippen molar-refractivity contribution in [1.29, 1.82) is 0 Å². The van der Waals surface area contributed by atoms with Gasteiger partial charge in [-0.15, -0.1) is 0 Å². The molecule has 0 fully saturated rings. The van der Waals surface area contributed by atoms with Gasteiger partial charge in [-0.25, -0.2) is 17.5 Å². The van der Waals surface area contributed by atoms with E-state index in [9.17, 15) is 17.6 Å². The molecule has 2 aromatic carbocycles. The molecule has 7 heteroatoms. The van der Waals surface area contributed by atoms with Crippen molar-refractivity contribution in [3.63, 3.8) is 0 Å². The number of nitrogens with one attached hydrogen (secondary N) is 1. The van der Waals surface area contributed by atoms with Crippen molar-refractivity contribution in [3.05, 3.63) is 65.5 Å². The third-order valence-corrected chi connectivity index (χ3v) is 6.49. The van der Waals surface area contributed by atoms with E-state index in [1.807, 2.05) is 24.3 Å². The maximum absolute atomic E-state index is 13.2. The number of aryl methyl sites for hydroxylation is 1. The van der Waals surface area contributed by atoms with Crippen molar-refractivity contribution in [2.45, 2.75) is 69.2 Å². The molecule has 2 N–H and O–H groups in total. The van der Waals surface area contributed by atoms with Crippen molar-refractivity contribution in [2.24, 2.45) is 0 Å².